The molecule has 1 aromatic heterocycles. The summed E-state index contributed by atoms with van der Waals surface area (Å²) >= 11 is 4.65. The fourth-order valence-corrected chi connectivity index (χ4v) is 3.90. The van der Waals surface area contributed by atoms with Gasteiger partial charge in [-0.1, -0.05) is 40.2 Å². The second-order valence-corrected chi connectivity index (χ2v) is 8.28. The minimum Gasteiger partial charge on any atom is -0.508 e. The van der Waals surface area contributed by atoms with Gasteiger partial charge in [-0.15, -0.1) is 5.10 Å². The summed E-state index contributed by atoms with van der Waals surface area (Å²) in [6.45, 7) is 0.262. The summed E-state index contributed by atoms with van der Waals surface area (Å²) in [5.41, 5.74) is 1.70. The maximum Gasteiger partial charge on any atom is 0.267 e. The molecule has 1 aliphatic rings. The number of phenolic OH excluding ortho intramolecular Hbond substituents is 1. The molecule has 8 heteroatoms. The van der Waals surface area contributed by atoms with E-state index in [9.17, 15) is 9.90 Å². The molecule has 0 radical (unpaired) electrons. The number of benzene rings is 2. The molecular weight excluding hydrogens is 466 g/mol. The van der Waals surface area contributed by atoms with Crippen molar-refractivity contribution >= 4 is 51.1 Å². The van der Waals surface area contributed by atoms with Crippen LogP contribution in [0.4, 0.5) is 0 Å². The minimum absolute atomic E-state index is 0.173. The molecule has 30 heavy (non-hydrogen) atoms. The largest absolute Gasteiger partial charge is 0.508 e. The number of amidine groups is 1. The van der Waals surface area contributed by atoms with Crippen LogP contribution in [0.3, 0.4) is 0 Å². The third-order valence-corrected chi connectivity index (χ3v) is 5.72. The number of carbonyl (C=O) groups is 1. The molecule has 1 amide bonds. The Balaban J connectivity index is 1.60. The number of carbonyl (C=O) groups excluding carboxylic acids is 1. The first-order chi connectivity index (χ1) is 14.6. The van der Waals surface area contributed by atoms with Crippen LogP contribution in [-0.4, -0.2) is 27.3 Å². The normalized spacial score (nSPS) is 17.0. The van der Waals surface area contributed by atoms with E-state index in [1.807, 2.05) is 30.3 Å². The van der Waals surface area contributed by atoms with Crippen molar-refractivity contribution in [1.29, 1.82) is 0 Å². The molecule has 1 fully saturated rings. The molecule has 150 valence electrons. The van der Waals surface area contributed by atoms with E-state index < -0.39 is 0 Å². The van der Waals surface area contributed by atoms with Crippen LogP contribution >= 0.6 is 27.7 Å². The van der Waals surface area contributed by atoms with Crippen molar-refractivity contribution in [2.24, 2.45) is 10.2 Å². The molecule has 0 atom stereocenters. The van der Waals surface area contributed by atoms with Gasteiger partial charge in [0.1, 0.15) is 11.5 Å². The van der Waals surface area contributed by atoms with Crippen molar-refractivity contribution in [3.63, 3.8) is 0 Å². The van der Waals surface area contributed by atoms with Crippen LogP contribution in [-0.2, 0) is 11.3 Å². The Bertz CT molecular complexity index is 1120. The standard InChI is InChI=1S/C22H16BrN3O3S/c23-17-7-3-16(4-8-17)13-24-25-22-26(14-19-2-1-11-29-19)21(28)20(30-22)12-15-5-9-18(27)10-6-15/h1-13,27H,14H2/b20-12-,24-13-,25-22+. The van der Waals surface area contributed by atoms with Crippen LogP contribution in [0, 0.1) is 0 Å². The Labute approximate surface area is 185 Å². The van der Waals surface area contributed by atoms with Gasteiger partial charge in [-0.3, -0.25) is 9.69 Å². The fraction of sp³-hybridized carbons (Fsp3) is 0.0455. The zero-order chi connectivity index (χ0) is 20.9. The maximum atomic E-state index is 13.0. The zero-order valence-corrected chi connectivity index (χ0v) is 18.0. The Kier molecular flexibility index (Phi) is 6.15. The maximum absolute atomic E-state index is 13.0. The lowest BCUT2D eigenvalue weighted by molar-refractivity contribution is -0.122. The van der Waals surface area contributed by atoms with Gasteiger partial charge in [0.05, 0.1) is 23.9 Å². The first kappa shape index (κ1) is 20.2. The Hall–Kier alpha value is -3.10. The molecule has 2 aromatic carbocycles. The van der Waals surface area contributed by atoms with E-state index in [0.29, 0.717) is 15.8 Å². The van der Waals surface area contributed by atoms with Crippen LogP contribution < -0.4 is 0 Å². The van der Waals surface area contributed by atoms with Gasteiger partial charge in [-0.05, 0) is 65.4 Å². The summed E-state index contributed by atoms with van der Waals surface area (Å²) in [4.78, 5) is 15.0. The molecule has 3 aromatic rings. The van der Waals surface area contributed by atoms with Gasteiger partial charge in [0.25, 0.3) is 5.91 Å². The number of hydrogen-bond donors (Lipinski definition) is 1. The van der Waals surface area contributed by atoms with Crippen molar-refractivity contribution in [1.82, 2.24) is 4.90 Å². The third kappa shape index (κ3) is 4.90. The van der Waals surface area contributed by atoms with E-state index >= 15 is 0 Å². The first-order valence-electron chi connectivity index (χ1n) is 8.98. The molecule has 4 rings (SSSR count). The molecule has 1 aliphatic heterocycles. The highest BCUT2D eigenvalue weighted by molar-refractivity contribution is 9.10. The fourth-order valence-electron chi connectivity index (χ4n) is 2.70. The highest BCUT2D eigenvalue weighted by Crippen LogP contribution is 2.34. The molecule has 2 heterocycles. The van der Waals surface area contributed by atoms with Crippen LogP contribution in [0.15, 0.2) is 90.9 Å². The van der Waals surface area contributed by atoms with E-state index in [1.54, 1.807) is 48.9 Å². The van der Waals surface area contributed by atoms with Crippen molar-refractivity contribution in [2.45, 2.75) is 6.54 Å². The molecule has 1 saturated heterocycles. The van der Waals surface area contributed by atoms with E-state index in [4.69, 9.17) is 4.42 Å². The number of thioether (sulfide) groups is 1. The zero-order valence-electron chi connectivity index (χ0n) is 15.6. The van der Waals surface area contributed by atoms with E-state index in [0.717, 1.165) is 15.6 Å². The highest BCUT2D eigenvalue weighted by Gasteiger charge is 2.34. The third-order valence-electron chi connectivity index (χ3n) is 4.19. The average Bonchev–Trinajstić information content (AvgIpc) is 3.35. The van der Waals surface area contributed by atoms with Crippen molar-refractivity contribution in [2.75, 3.05) is 0 Å². The first-order valence-corrected chi connectivity index (χ1v) is 10.6. The second-order valence-electron chi connectivity index (χ2n) is 6.35. The van der Waals surface area contributed by atoms with Gasteiger partial charge in [0.2, 0.25) is 0 Å². The molecule has 0 unspecified atom stereocenters. The number of furan rings is 1. The van der Waals surface area contributed by atoms with Crippen molar-refractivity contribution in [3.8, 4) is 5.75 Å². The summed E-state index contributed by atoms with van der Waals surface area (Å²) in [5.74, 6) is 0.646. The van der Waals surface area contributed by atoms with E-state index in [2.05, 4.69) is 26.1 Å². The van der Waals surface area contributed by atoms with Gasteiger partial charge in [0.15, 0.2) is 5.17 Å². The monoisotopic (exact) mass is 481 g/mol. The number of phenols is 1. The lowest BCUT2D eigenvalue weighted by atomic mass is 10.2. The number of nitrogens with zero attached hydrogens (tertiary/aromatic N) is 3. The molecule has 0 spiro atoms. The molecule has 0 bridgehead atoms. The van der Waals surface area contributed by atoms with Crippen LogP contribution in [0.25, 0.3) is 6.08 Å². The Morgan fingerprint density at radius 2 is 1.80 bits per heavy atom. The second kappa shape index (κ2) is 9.15. The van der Waals surface area contributed by atoms with Crippen molar-refractivity contribution in [3.05, 3.63) is 93.2 Å². The van der Waals surface area contributed by atoms with Gasteiger partial charge in [-0.25, -0.2) is 0 Å². The minimum atomic E-state index is -0.179. The van der Waals surface area contributed by atoms with Crippen LogP contribution in [0.5, 0.6) is 5.75 Å². The molecular formula is C22H16BrN3O3S. The number of aromatic hydroxyl groups is 1. The lowest BCUT2D eigenvalue weighted by Gasteiger charge is -2.12. The summed E-state index contributed by atoms with van der Waals surface area (Å²) < 4.78 is 6.38. The summed E-state index contributed by atoms with van der Waals surface area (Å²) in [5, 5.41) is 18.4. The topological polar surface area (TPSA) is 78.4 Å². The highest BCUT2D eigenvalue weighted by atomic mass is 79.9. The van der Waals surface area contributed by atoms with E-state index in [1.165, 1.54) is 16.7 Å². The molecule has 1 N–H and O–H groups in total. The number of halogens is 1. The van der Waals surface area contributed by atoms with Gasteiger partial charge >= 0.3 is 0 Å². The SMILES string of the molecule is O=C1/C(=C/c2ccc(O)cc2)S/C(=N/N=C\c2ccc(Br)cc2)N1Cc1ccco1. The van der Waals surface area contributed by atoms with E-state index in [-0.39, 0.29) is 18.2 Å². The summed E-state index contributed by atoms with van der Waals surface area (Å²) in [6.07, 6.45) is 4.97. The van der Waals surface area contributed by atoms with Crippen LogP contribution in [0.2, 0.25) is 0 Å². The summed E-state index contributed by atoms with van der Waals surface area (Å²) in [6, 6.07) is 17.9. The lowest BCUT2D eigenvalue weighted by Crippen LogP contribution is -2.28. The number of amides is 1. The molecule has 6 nitrogen and oxygen atoms in total. The predicted octanol–water partition coefficient (Wildman–Crippen LogP) is 5.25. The predicted molar refractivity (Wildman–Crippen MR) is 122 cm³/mol. The Morgan fingerprint density at radius 3 is 2.50 bits per heavy atom. The quantitative estimate of drug-likeness (QED) is 0.306. The number of hydrogen-bond acceptors (Lipinski definition) is 6. The van der Waals surface area contributed by atoms with Gasteiger partial charge < -0.3 is 9.52 Å². The molecule has 0 saturated carbocycles. The summed E-state index contributed by atoms with van der Waals surface area (Å²) in [7, 11) is 0. The van der Waals surface area contributed by atoms with Gasteiger partial charge in [-0.2, -0.15) is 5.10 Å². The van der Waals surface area contributed by atoms with Gasteiger partial charge in [0, 0.05) is 4.47 Å². The average molecular weight is 482 g/mol. The number of rotatable bonds is 5. The van der Waals surface area contributed by atoms with Crippen LogP contribution in [0.1, 0.15) is 16.9 Å². The smallest absolute Gasteiger partial charge is 0.267 e. The Morgan fingerprint density at radius 1 is 1.07 bits per heavy atom. The van der Waals surface area contributed by atoms with Crippen molar-refractivity contribution < 1.29 is 14.3 Å². The molecule has 0 aliphatic carbocycles.